The van der Waals surface area contributed by atoms with Crippen LogP contribution in [0.15, 0.2) is 10.5 Å². The molecule has 1 aliphatic rings. The molecule has 6 heteroatoms. The van der Waals surface area contributed by atoms with E-state index in [1.54, 1.807) is 11.3 Å². The lowest BCUT2D eigenvalue weighted by Crippen LogP contribution is -2.42. The van der Waals surface area contributed by atoms with Crippen molar-refractivity contribution in [2.24, 2.45) is 5.73 Å². The van der Waals surface area contributed by atoms with Gasteiger partial charge in [0.15, 0.2) is 0 Å². The molecule has 0 radical (unpaired) electrons. The number of hydrogen-bond acceptors (Lipinski definition) is 3. The number of halogens is 3. The van der Waals surface area contributed by atoms with Crippen molar-refractivity contribution in [2.45, 2.75) is 25.4 Å². The fraction of sp³-hybridized carbons (Fsp3) is 0.600. The Morgan fingerprint density at radius 2 is 2.38 bits per heavy atom. The van der Waals surface area contributed by atoms with Gasteiger partial charge in [-0.25, -0.2) is 0 Å². The second kappa shape index (κ2) is 6.57. The van der Waals surface area contributed by atoms with Gasteiger partial charge in [-0.2, -0.15) is 0 Å². The van der Waals surface area contributed by atoms with Gasteiger partial charge in [0.25, 0.3) is 0 Å². The summed E-state index contributed by atoms with van der Waals surface area (Å²) in [5.74, 6) is 0. The van der Waals surface area contributed by atoms with Crippen molar-refractivity contribution >= 4 is 51.3 Å². The largest absolute Gasteiger partial charge is 0.327 e. The molecule has 1 aromatic rings. The van der Waals surface area contributed by atoms with Gasteiger partial charge in [-0.05, 0) is 41.4 Å². The highest BCUT2D eigenvalue weighted by atomic mass is 79.9. The third kappa shape index (κ3) is 3.86. The van der Waals surface area contributed by atoms with Gasteiger partial charge in [-0.3, -0.25) is 4.90 Å². The molecule has 1 saturated heterocycles. The first-order valence-corrected chi connectivity index (χ1v) is 7.05. The van der Waals surface area contributed by atoms with Crippen molar-refractivity contribution in [1.29, 1.82) is 0 Å². The summed E-state index contributed by atoms with van der Waals surface area (Å²) >= 11 is 11.1. The molecule has 0 spiro atoms. The van der Waals surface area contributed by atoms with Crippen LogP contribution in [0.1, 0.15) is 17.7 Å². The Bertz CT molecular complexity index is 326. The van der Waals surface area contributed by atoms with Crippen LogP contribution in [0.4, 0.5) is 0 Å². The standard InChI is InChI=1S/C10H14BrClN2S.ClH/c11-9-4-8(15-10(9)12)6-14-3-1-2-7(13)5-14;/h4,7H,1-3,5-6,13H2;1H/t7-;/m1./s1. The minimum absolute atomic E-state index is 0. The predicted molar refractivity (Wildman–Crippen MR) is 76.8 cm³/mol. The van der Waals surface area contributed by atoms with Crippen LogP contribution in [-0.2, 0) is 6.54 Å². The van der Waals surface area contributed by atoms with E-state index >= 15 is 0 Å². The first-order valence-electron chi connectivity index (χ1n) is 5.07. The minimum atomic E-state index is 0. The zero-order valence-corrected chi connectivity index (χ0v) is 12.8. The normalized spacial score (nSPS) is 21.8. The summed E-state index contributed by atoms with van der Waals surface area (Å²) in [6.45, 7) is 3.14. The molecule has 16 heavy (non-hydrogen) atoms. The van der Waals surface area contributed by atoms with Gasteiger partial charge in [0, 0.05) is 28.5 Å². The highest BCUT2D eigenvalue weighted by Gasteiger charge is 2.17. The first kappa shape index (κ1) is 14.7. The van der Waals surface area contributed by atoms with Gasteiger partial charge in [0.2, 0.25) is 0 Å². The molecule has 1 atom stereocenters. The molecule has 2 rings (SSSR count). The monoisotopic (exact) mass is 344 g/mol. The predicted octanol–water partition coefficient (Wildman–Crippen LogP) is 3.51. The van der Waals surface area contributed by atoms with Crippen molar-refractivity contribution in [3.05, 3.63) is 19.8 Å². The van der Waals surface area contributed by atoms with Crippen LogP contribution in [0, 0.1) is 0 Å². The Morgan fingerprint density at radius 3 is 2.94 bits per heavy atom. The molecule has 92 valence electrons. The minimum Gasteiger partial charge on any atom is -0.327 e. The number of nitrogens with zero attached hydrogens (tertiary/aromatic N) is 1. The summed E-state index contributed by atoms with van der Waals surface area (Å²) in [7, 11) is 0. The summed E-state index contributed by atoms with van der Waals surface area (Å²) in [6.07, 6.45) is 2.37. The molecule has 0 amide bonds. The number of nitrogens with two attached hydrogens (primary N) is 1. The zero-order valence-electron chi connectivity index (χ0n) is 8.79. The fourth-order valence-corrected chi connectivity index (χ4v) is 3.76. The van der Waals surface area contributed by atoms with Crippen LogP contribution in [0.25, 0.3) is 0 Å². The molecule has 0 unspecified atom stereocenters. The second-order valence-corrected chi connectivity index (χ2v) is 6.56. The molecule has 2 nitrogen and oxygen atoms in total. The van der Waals surface area contributed by atoms with E-state index in [0.717, 1.165) is 34.9 Å². The Morgan fingerprint density at radius 1 is 1.62 bits per heavy atom. The van der Waals surface area contributed by atoms with E-state index in [9.17, 15) is 0 Å². The fourth-order valence-electron chi connectivity index (χ4n) is 1.92. The molecule has 1 aliphatic heterocycles. The molecule has 1 fully saturated rings. The Labute approximate surface area is 120 Å². The Balaban J connectivity index is 0.00000128. The van der Waals surface area contributed by atoms with Crippen LogP contribution in [-0.4, -0.2) is 24.0 Å². The average Bonchev–Trinajstić information content (AvgIpc) is 2.45. The molecular weight excluding hydrogens is 331 g/mol. The number of hydrogen-bond donors (Lipinski definition) is 1. The van der Waals surface area contributed by atoms with Crippen molar-refractivity contribution < 1.29 is 0 Å². The van der Waals surface area contributed by atoms with Crippen LogP contribution in [0.5, 0.6) is 0 Å². The summed E-state index contributed by atoms with van der Waals surface area (Å²) < 4.78 is 1.84. The Hall–Kier alpha value is 0.680. The third-order valence-electron chi connectivity index (χ3n) is 2.62. The van der Waals surface area contributed by atoms with E-state index in [2.05, 4.69) is 26.9 Å². The van der Waals surface area contributed by atoms with E-state index in [0.29, 0.717) is 6.04 Å². The maximum atomic E-state index is 6.00. The molecular formula is C10H15BrCl2N2S. The van der Waals surface area contributed by atoms with Gasteiger partial charge in [-0.15, -0.1) is 23.7 Å². The quantitative estimate of drug-likeness (QED) is 0.888. The first-order chi connectivity index (χ1) is 7.15. The van der Waals surface area contributed by atoms with Crippen LogP contribution < -0.4 is 5.73 Å². The van der Waals surface area contributed by atoms with E-state index in [1.807, 2.05) is 0 Å². The zero-order chi connectivity index (χ0) is 10.8. The summed E-state index contributed by atoms with van der Waals surface area (Å²) in [4.78, 5) is 3.71. The molecule has 0 bridgehead atoms. The summed E-state index contributed by atoms with van der Waals surface area (Å²) in [6, 6.07) is 2.45. The molecule has 1 aromatic heterocycles. The van der Waals surface area contributed by atoms with Crippen molar-refractivity contribution in [1.82, 2.24) is 4.90 Å². The lowest BCUT2D eigenvalue weighted by Gasteiger charge is -2.30. The van der Waals surface area contributed by atoms with E-state index < -0.39 is 0 Å². The molecule has 0 saturated carbocycles. The molecule has 2 N–H and O–H groups in total. The molecule has 0 aliphatic carbocycles. The molecule has 0 aromatic carbocycles. The maximum absolute atomic E-state index is 6.00. The summed E-state index contributed by atoms with van der Waals surface area (Å²) in [5, 5.41) is 0. The number of rotatable bonds is 2. The Kier molecular flexibility index (Phi) is 6.05. The SMILES string of the molecule is Cl.N[C@@H]1CCCN(Cc2cc(Br)c(Cl)s2)C1. The second-order valence-electron chi connectivity index (χ2n) is 3.97. The topological polar surface area (TPSA) is 29.3 Å². The number of piperidine rings is 1. The molecule has 2 heterocycles. The lowest BCUT2D eigenvalue weighted by atomic mass is 10.1. The van der Waals surface area contributed by atoms with Crippen molar-refractivity contribution in [3.8, 4) is 0 Å². The van der Waals surface area contributed by atoms with Gasteiger partial charge in [0.05, 0.1) is 0 Å². The smallest absolute Gasteiger partial charge is 0.107 e. The van der Waals surface area contributed by atoms with Gasteiger partial charge < -0.3 is 5.73 Å². The maximum Gasteiger partial charge on any atom is 0.107 e. The van der Waals surface area contributed by atoms with Crippen LogP contribution >= 0.6 is 51.3 Å². The van der Waals surface area contributed by atoms with Gasteiger partial charge in [0.1, 0.15) is 4.34 Å². The van der Waals surface area contributed by atoms with Crippen LogP contribution in [0.2, 0.25) is 4.34 Å². The van der Waals surface area contributed by atoms with Gasteiger partial charge in [-0.1, -0.05) is 11.6 Å². The average molecular weight is 346 g/mol. The number of likely N-dealkylation sites (tertiary alicyclic amines) is 1. The van der Waals surface area contributed by atoms with Crippen molar-refractivity contribution in [3.63, 3.8) is 0 Å². The van der Waals surface area contributed by atoms with Crippen molar-refractivity contribution in [2.75, 3.05) is 13.1 Å². The van der Waals surface area contributed by atoms with Gasteiger partial charge >= 0.3 is 0 Å². The highest BCUT2D eigenvalue weighted by Crippen LogP contribution is 2.32. The van der Waals surface area contributed by atoms with Crippen LogP contribution in [0.3, 0.4) is 0 Å². The van der Waals surface area contributed by atoms with E-state index in [-0.39, 0.29) is 12.4 Å². The van der Waals surface area contributed by atoms with E-state index in [1.165, 1.54) is 11.3 Å². The number of thiophene rings is 1. The highest BCUT2D eigenvalue weighted by molar-refractivity contribution is 9.10. The summed E-state index contributed by atoms with van der Waals surface area (Å²) in [5.41, 5.74) is 5.94. The lowest BCUT2D eigenvalue weighted by molar-refractivity contribution is 0.203. The third-order valence-corrected chi connectivity index (χ3v) is 5.08. The van der Waals surface area contributed by atoms with E-state index in [4.69, 9.17) is 17.3 Å².